The molecule has 1 unspecified atom stereocenters. The van der Waals surface area contributed by atoms with E-state index in [2.05, 4.69) is 235 Å². The summed E-state index contributed by atoms with van der Waals surface area (Å²) in [5.41, 5.74) is 0. The number of carboxylic acid groups (broad SMARTS) is 1. The van der Waals surface area contributed by atoms with Crippen LogP contribution in [0.4, 0.5) is 4.79 Å². The summed E-state index contributed by atoms with van der Waals surface area (Å²) in [6.07, 6.45) is 34.8. The van der Waals surface area contributed by atoms with Crippen LogP contribution < -0.4 is 5.32 Å². The van der Waals surface area contributed by atoms with E-state index in [0.717, 1.165) is 51.2 Å². The van der Waals surface area contributed by atoms with E-state index in [0.29, 0.717) is 19.1 Å². The first-order chi connectivity index (χ1) is 51.6. The van der Waals surface area contributed by atoms with Gasteiger partial charge in [0.25, 0.3) is 0 Å². The quantitative estimate of drug-likeness (QED) is 0.00969. The highest BCUT2D eigenvalue weighted by Crippen LogP contribution is 2.43. The monoisotopic (exact) mass is 1590 g/mol. The number of phosphoric acid groups is 1. The highest BCUT2D eigenvalue weighted by Gasteiger charge is 2.26. The summed E-state index contributed by atoms with van der Waals surface area (Å²) in [5, 5.41) is 155. The van der Waals surface area contributed by atoms with Crippen LogP contribution in [0.1, 0.15) is 219 Å². The van der Waals surface area contributed by atoms with Crippen LogP contribution in [0.3, 0.4) is 0 Å². The van der Waals surface area contributed by atoms with Gasteiger partial charge in [-0.15, -0.1) is 0 Å². The van der Waals surface area contributed by atoms with E-state index in [1.165, 1.54) is 135 Å². The van der Waals surface area contributed by atoms with E-state index in [4.69, 9.17) is 28.4 Å². The van der Waals surface area contributed by atoms with Crippen LogP contribution in [0.5, 0.6) is 0 Å². The summed E-state index contributed by atoms with van der Waals surface area (Å²) >= 11 is 0. The summed E-state index contributed by atoms with van der Waals surface area (Å²) < 4.78 is 42.8. The minimum Gasteiger partial charge on any atom is -0.486 e. The zero-order valence-corrected chi connectivity index (χ0v) is 57.7. The average Bonchev–Trinajstić information content (AvgIpc) is 1.03. The van der Waals surface area contributed by atoms with E-state index in [-0.39, 0.29) is 19.4 Å². The third-order valence-corrected chi connectivity index (χ3v) is 12.7. The molecule has 0 heterocycles. The minimum atomic E-state index is -4.77. The molecule has 0 fully saturated rings. The summed E-state index contributed by atoms with van der Waals surface area (Å²) in [6, 6.07) is 0. The normalized spacial score (nSPS) is 12.4. The molecule has 1 amide bonds. The van der Waals surface area contributed by atoms with Crippen molar-refractivity contribution < 1.29 is 273 Å². The molecule has 56 nitrogen and oxygen atoms in total. The Labute approximate surface area is 593 Å². The molecule has 105 heavy (non-hydrogen) atoms. The lowest BCUT2D eigenvalue weighted by Gasteiger charge is -2.20. The van der Waals surface area contributed by atoms with Crippen molar-refractivity contribution in [2.45, 2.75) is 225 Å². The van der Waals surface area contributed by atoms with Gasteiger partial charge < -0.3 is 39.2 Å². The Hall–Kier alpha value is -4.51. The van der Waals surface area contributed by atoms with E-state index >= 15 is 0 Å². The zero-order chi connectivity index (χ0) is 76.0. The highest BCUT2D eigenvalue weighted by atomic mass is 31.2. The van der Waals surface area contributed by atoms with Crippen molar-refractivity contribution in [3.8, 4) is 0 Å². The molecule has 0 aliphatic rings. The van der Waals surface area contributed by atoms with Gasteiger partial charge in [0.1, 0.15) is 26.1 Å². The second-order valence-electron chi connectivity index (χ2n) is 19.5. The largest absolute Gasteiger partial charge is 0.486 e. The Morgan fingerprint density at radius 2 is 0.648 bits per heavy atom. The molecule has 0 aliphatic carbocycles. The molecule has 0 spiro atoms. The minimum absolute atomic E-state index is 0.108. The molecule has 0 aromatic rings. The fourth-order valence-electron chi connectivity index (χ4n) is 7.35. The van der Waals surface area contributed by atoms with Crippen LogP contribution >= 0.6 is 7.82 Å². The van der Waals surface area contributed by atoms with Gasteiger partial charge in [0, 0.05) is 181 Å². The third kappa shape index (κ3) is 86.6. The van der Waals surface area contributed by atoms with Crippen molar-refractivity contribution in [3.63, 3.8) is 0 Å². The number of rotatable bonds is 90. The summed E-state index contributed by atoms with van der Waals surface area (Å²) in [6.45, 7) is 1.04. The molecule has 0 aliphatic heterocycles. The van der Waals surface area contributed by atoms with Crippen molar-refractivity contribution in [1.82, 2.24) is 5.32 Å². The first-order valence-corrected chi connectivity index (χ1v) is 33.4. The highest BCUT2D eigenvalue weighted by molar-refractivity contribution is 7.47. The van der Waals surface area contributed by atoms with Crippen LogP contribution in [-0.4, -0.2) is 86.3 Å². The molecule has 3 N–H and O–H groups in total. The molecule has 622 valence electrons. The Bertz CT molecular complexity index is 1920. The molecule has 0 bridgehead atoms. The Balaban J connectivity index is 3.88. The smallest absolute Gasteiger partial charge is 0.472 e. The Morgan fingerprint density at radius 3 is 0.981 bits per heavy atom. The predicted octanol–water partition coefficient (Wildman–Crippen LogP) is 9.61. The summed E-state index contributed by atoms with van der Waals surface area (Å²) in [4.78, 5) is 66.5. The lowest BCUT2D eigenvalue weighted by atomic mass is 10.0. The van der Waals surface area contributed by atoms with Gasteiger partial charge in [-0.3, -0.25) is 18.6 Å². The number of aliphatic carboxylic acids is 1. The molecule has 0 aromatic carbocycles. The number of phosphoric ester groups is 1. The zero-order valence-electron chi connectivity index (χ0n) is 56.8. The maximum absolute atomic E-state index is 12.9. The molecule has 0 saturated heterocycles. The van der Waals surface area contributed by atoms with Gasteiger partial charge in [-0.05, 0) is 53.1 Å². The molecular weight excluding hydrogens is 1500 g/mol. The van der Waals surface area contributed by atoms with Gasteiger partial charge in [-0.2, -0.15) is 0 Å². The number of amides is 1. The maximum atomic E-state index is 12.9. The topological polar surface area (TPSA) is 581 Å². The van der Waals surface area contributed by atoms with E-state index in [1.54, 1.807) is 0 Å². The predicted molar refractivity (Wildman–Crippen MR) is 294 cm³/mol. The first-order valence-electron chi connectivity index (χ1n) is 31.9. The molecule has 0 saturated carbocycles. The number of carboxylic acids is 1. The van der Waals surface area contributed by atoms with Crippen molar-refractivity contribution >= 4 is 31.8 Å². The van der Waals surface area contributed by atoms with Crippen LogP contribution in [-0.2, 0) is 258 Å². The average molecular weight is 1590 g/mol. The summed E-state index contributed by atoms with van der Waals surface area (Å²) in [5.74, 6) is -2.31. The molecular formula is C48H90NO55P. The van der Waals surface area contributed by atoms with Crippen LogP contribution in [0.2, 0.25) is 0 Å². The molecule has 57 heteroatoms. The first kappa shape index (κ1) is 100. The number of carbonyl (C=O) groups is 4. The van der Waals surface area contributed by atoms with E-state index < -0.39 is 77.6 Å². The van der Waals surface area contributed by atoms with Gasteiger partial charge >= 0.3 is 31.8 Å². The van der Waals surface area contributed by atoms with Crippen molar-refractivity contribution in [1.29, 1.82) is 0 Å². The van der Waals surface area contributed by atoms with Crippen LogP contribution in [0, 0.1) is 0 Å². The number of ether oxygens (including phenoxy) is 4. The number of esters is 2. The Morgan fingerprint density at radius 1 is 0.343 bits per heavy atom. The van der Waals surface area contributed by atoms with Crippen molar-refractivity contribution in [2.75, 3.05) is 46.2 Å². The van der Waals surface area contributed by atoms with Gasteiger partial charge in [0.05, 0.1) is 13.2 Å². The van der Waals surface area contributed by atoms with Crippen molar-refractivity contribution in [3.05, 3.63) is 12.5 Å². The lowest BCUT2D eigenvalue weighted by molar-refractivity contribution is -0.909. The summed E-state index contributed by atoms with van der Waals surface area (Å²) in [7, 11) is -4.77. The maximum Gasteiger partial charge on any atom is 0.472 e. The van der Waals surface area contributed by atoms with Crippen molar-refractivity contribution in [2.24, 2.45) is 0 Å². The van der Waals surface area contributed by atoms with Gasteiger partial charge in [-0.1, -0.05) is 194 Å². The van der Waals surface area contributed by atoms with E-state index in [9.17, 15) is 28.6 Å². The Kier molecular flexibility index (Phi) is 81.4. The second-order valence-corrected chi connectivity index (χ2v) is 20.9. The number of hydrogen-bond donors (Lipinski definition) is 3. The van der Waals surface area contributed by atoms with Gasteiger partial charge in [0.2, 0.25) is 0 Å². The number of alkyl carbamates (subject to hydrolysis) is 1. The second kappa shape index (κ2) is 85.1. The van der Waals surface area contributed by atoms with Gasteiger partial charge in [-0.25, -0.2) is 19.0 Å². The number of hydrogen-bond acceptors (Lipinski definition) is 53. The van der Waals surface area contributed by atoms with Crippen LogP contribution in [0.25, 0.3) is 0 Å². The molecule has 0 aromatic heterocycles. The third-order valence-electron chi connectivity index (χ3n) is 11.7. The number of carbonyl (C=O) groups excluding carboxylic acids is 3. The lowest BCUT2D eigenvalue weighted by Crippen LogP contribution is -2.30. The molecule has 0 radical (unpaired) electrons. The molecule has 2 atom stereocenters. The van der Waals surface area contributed by atoms with Crippen LogP contribution in [0.15, 0.2) is 12.5 Å². The number of nitrogens with one attached hydrogen (secondary N) is 1. The number of unbranched alkanes of at least 4 members (excludes halogenated alkanes) is 28. The standard InChI is InChI=1S/C48H90NO55P/c1-3-5-7-9-11-13-15-17-19-21-23-25-27-29-31-33-46(52)59-41-44(64-47(53)34-32-30-28-26-24-22-20-18-16-14-12-10-8-6-4-2)42-63-105(55,56)62-36-35-49-48(54)58-38-40-61-66-68-70-72-74-76-78-80-82-84-86-88-90-92-94-96-98-100-102-104-103-101-99-97-95-93-91-89-87-85-83-81-79-77-75-73-71-69-67-65-60-39-37-57-43-45(50)51/h37,39,44H,3-36,38,40-43H2,1-2H3,(H,49,54)(H,50,51)(H,55,56)/b39-37-/t44-/m1/s1. The molecule has 0 rings (SSSR count). The SMILES string of the molecule is CCCCCCCCCCCCCCCCCC(=O)OC[C@H](COP(=O)(O)OCCNC(=O)OCCOOOOOOOOOOOOOOOOOOOOOOOOOOOOOOOOOOOOOOOOOO/C=C\OCC(=O)O)OC(=O)CCCCCCCCCCCCCCCCC. The van der Waals surface area contributed by atoms with E-state index in [1.807, 2.05) is 0 Å². The van der Waals surface area contributed by atoms with Gasteiger partial charge in [0.15, 0.2) is 19.0 Å². The fraction of sp³-hybridized carbons (Fsp3) is 0.875. The fourth-order valence-corrected chi connectivity index (χ4v) is 8.10.